The summed E-state index contributed by atoms with van der Waals surface area (Å²) in [5.74, 6) is -0.111. The number of ether oxygens (including phenoxy) is 1. The van der Waals surface area contributed by atoms with Crippen molar-refractivity contribution in [2.45, 2.75) is 19.4 Å². The molecule has 2 N–H and O–H groups in total. The molecule has 1 aliphatic rings. The van der Waals surface area contributed by atoms with Crippen LogP contribution in [0.15, 0.2) is 27.9 Å². The van der Waals surface area contributed by atoms with Crippen LogP contribution in [0.5, 0.6) is 0 Å². The minimum absolute atomic E-state index is 0.0553. The van der Waals surface area contributed by atoms with Crippen molar-refractivity contribution < 1.29 is 9.53 Å². The number of amides is 1. The van der Waals surface area contributed by atoms with Gasteiger partial charge in [0.25, 0.3) is 5.56 Å². The minimum Gasteiger partial charge on any atom is -0.381 e. The molecule has 1 aliphatic heterocycles. The molecule has 1 saturated heterocycles. The van der Waals surface area contributed by atoms with Crippen molar-refractivity contribution in [3.05, 3.63) is 39.2 Å². The maximum absolute atomic E-state index is 12.3. The van der Waals surface area contributed by atoms with Crippen LogP contribution in [0, 0.1) is 5.92 Å². The SMILES string of the molecule is O=C(NCCn1c(=O)[nH]c2ncccc2c1=O)C1CCOCC1. The van der Waals surface area contributed by atoms with Crippen molar-refractivity contribution in [1.82, 2.24) is 19.9 Å². The zero-order valence-electron chi connectivity index (χ0n) is 12.6. The first-order chi connectivity index (χ1) is 11.2. The predicted octanol–water partition coefficient (Wildman–Crippen LogP) is -0.372. The number of hydrogen-bond acceptors (Lipinski definition) is 5. The average molecular weight is 318 g/mol. The van der Waals surface area contributed by atoms with Gasteiger partial charge in [-0.05, 0) is 25.0 Å². The number of nitrogens with zero attached hydrogens (tertiary/aromatic N) is 2. The smallest absolute Gasteiger partial charge is 0.330 e. The second-order valence-electron chi connectivity index (χ2n) is 5.46. The molecule has 0 aromatic carbocycles. The Kier molecular flexibility index (Phi) is 4.52. The van der Waals surface area contributed by atoms with Gasteiger partial charge >= 0.3 is 5.69 Å². The molecule has 8 heteroatoms. The van der Waals surface area contributed by atoms with E-state index < -0.39 is 11.2 Å². The van der Waals surface area contributed by atoms with Crippen LogP contribution in [0.4, 0.5) is 0 Å². The fourth-order valence-electron chi connectivity index (χ4n) is 2.68. The van der Waals surface area contributed by atoms with Gasteiger partial charge in [-0.3, -0.25) is 19.1 Å². The molecule has 0 unspecified atom stereocenters. The summed E-state index contributed by atoms with van der Waals surface area (Å²) in [5.41, 5.74) is -0.663. The van der Waals surface area contributed by atoms with Crippen molar-refractivity contribution >= 4 is 16.9 Å². The van der Waals surface area contributed by atoms with Crippen LogP contribution in [-0.4, -0.2) is 40.2 Å². The molecule has 0 bridgehead atoms. The van der Waals surface area contributed by atoms with Crippen molar-refractivity contribution in [2.75, 3.05) is 19.8 Å². The molecule has 1 amide bonds. The van der Waals surface area contributed by atoms with E-state index in [2.05, 4.69) is 15.3 Å². The normalized spacial score (nSPS) is 15.7. The standard InChI is InChI=1S/C15H18N4O4/c20-13(10-3-8-23-9-4-10)17-6-7-19-14(21)11-2-1-5-16-12(11)18-15(19)22/h1-2,5,10H,3-4,6-9H2,(H,17,20)(H,16,18,22). The monoisotopic (exact) mass is 318 g/mol. The van der Waals surface area contributed by atoms with Gasteiger partial charge < -0.3 is 10.1 Å². The summed E-state index contributed by atoms with van der Waals surface area (Å²) in [5, 5.41) is 3.13. The molecule has 2 aromatic heterocycles. The van der Waals surface area contributed by atoms with Crippen molar-refractivity contribution in [1.29, 1.82) is 0 Å². The van der Waals surface area contributed by atoms with Crippen LogP contribution < -0.4 is 16.6 Å². The van der Waals surface area contributed by atoms with Crippen LogP contribution in [0.25, 0.3) is 11.0 Å². The Morgan fingerprint density at radius 1 is 1.39 bits per heavy atom. The Labute approximate surface area is 131 Å². The lowest BCUT2D eigenvalue weighted by molar-refractivity contribution is -0.127. The summed E-state index contributed by atoms with van der Waals surface area (Å²) >= 11 is 0. The lowest BCUT2D eigenvalue weighted by atomic mass is 9.99. The number of fused-ring (bicyclic) bond motifs is 1. The van der Waals surface area contributed by atoms with E-state index in [1.165, 1.54) is 6.20 Å². The van der Waals surface area contributed by atoms with E-state index in [4.69, 9.17) is 4.74 Å². The van der Waals surface area contributed by atoms with Gasteiger partial charge in [-0.2, -0.15) is 0 Å². The third-order valence-electron chi connectivity index (χ3n) is 3.98. The van der Waals surface area contributed by atoms with E-state index in [9.17, 15) is 14.4 Å². The first-order valence-electron chi connectivity index (χ1n) is 7.60. The summed E-state index contributed by atoms with van der Waals surface area (Å²) in [6, 6.07) is 3.25. The molecule has 23 heavy (non-hydrogen) atoms. The Hall–Kier alpha value is -2.48. The van der Waals surface area contributed by atoms with Gasteiger partial charge in [-0.25, -0.2) is 9.78 Å². The Balaban J connectivity index is 1.68. The topological polar surface area (TPSA) is 106 Å². The fraction of sp³-hybridized carbons (Fsp3) is 0.467. The fourth-order valence-corrected chi connectivity index (χ4v) is 2.68. The molecule has 8 nitrogen and oxygen atoms in total. The van der Waals surface area contributed by atoms with Gasteiger partial charge in [-0.15, -0.1) is 0 Å². The molecule has 0 saturated carbocycles. The maximum Gasteiger partial charge on any atom is 0.330 e. The number of nitrogens with one attached hydrogen (secondary N) is 2. The molecule has 3 heterocycles. The molecule has 0 spiro atoms. The van der Waals surface area contributed by atoms with Crippen molar-refractivity contribution in [2.24, 2.45) is 5.92 Å². The van der Waals surface area contributed by atoms with Gasteiger partial charge in [0, 0.05) is 38.4 Å². The van der Waals surface area contributed by atoms with Crippen LogP contribution >= 0.6 is 0 Å². The number of aromatic amines is 1. The lowest BCUT2D eigenvalue weighted by Crippen LogP contribution is -2.41. The number of H-pyrrole nitrogens is 1. The summed E-state index contributed by atoms with van der Waals surface area (Å²) in [6.07, 6.45) is 2.91. The van der Waals surface area contributed by atoms with Crippen molar-refractivity contribution in [3.8, 4) is 0 Å². The Morgan fingerprint density at radius 3 is 2.96 bits per heavy atom. The Morgan fingerprint density at radius 2 is 2.17 bits per heavy atom. The molecule has 0 radical (unpaired) electrons. The molecule has 2 aromatic rings. The quantitative estimate of drug-likeness (QED) is 0.800. The van der Waals surface area contributed by atoms with Gasteiger partial charge in [0.15, 0.2) is 0 Å². The molecule has 3 rings (SSSR count). The highest BCUT2D eigenvalue weighted by Gasteiger charge is 2.21. The van der Waals surface area contributed by atoms with E-state index in [0.717, 1.165) is 4.57 Å². The van der Waals surface area contributed by atoms with Gasteiger partial charge in [0.1, 0.15) is 5.65 Å². The lowest BCUT2D eigenvalue weighted by Gasteiger charge is -2.21. The average Bonchev–Trinajstić information content (AvgIpc) is 2.58. The molecule has 122 valence electrons. The number of carbonyl (C=O) groups excluding carboxylic acids is 1. The van der Waals surface area contributed by atoms with Gasteiger partial charge in [-0.1, -0.05) is 0 Å². The molecule has 0 atom stereocenters. The first kappa shape index (κ1) is 15.4. The van der Waals surface area contributed by atoms with Gasteiger partial charge in [0.2, 0.25) is 5.91 Å². The second-order valence-corrected chi connectivity index (χ2v) is 5.46. The number of pyridine rings is 1. The number of hydrogen-bond donors (Lipinski definition) is 2. The van der Waals surface area contributed by atoms with Crippen LogP contribution in [0.3, 0.4) is 0 Å². The molecular formula is C15H18N4O4. The summed E-state index contributed by atoms with van der Waals surface area (Å²) in [4.78, 5) is 42.8. The number of carbonyl (C=O) groups is 1. The van der Waals surface area contributed by atoms with E-state index in [0.29, 0.717) is 31.4 Å². The highest BCUT2D eigenvalue weighted by Crippen LogP contribution is 2.14. The number of aromatic nitrogens is 3. The first-order valence-corrected chi connectivity index (χ1v) is 7.60. The van der Waals surface area contributed by atoms with E-state index in [-0.39, 0.29) is 30.6 Å². The highest BCUT2D eigenvalue weighted by molar-refractivity contribution is 5.78. The van der Waals surface area contributed by atoms with E-state index in [1.807, 2.05) is 0 Å². The Bertz CT molecular complexity index is 820. The third kappa shape index (κ3) is 3.31. The predicted molar refractivity (Wildman–Crippen MR) is 83.2 cm³/mol. The van der Waals surface area contributed by atoms with Crippen LogP contribution in [0.1, 0.15) is 12.8 Å². The summed E-state index contributed by atoms with van der Waals surface area (Å²) in [7, 11) is 0. The third-order valence-corrected chi connectivity index (χ3v) is 3.98. The minimum atomic E-state index is -0.526. The van der Waals surface area contributed by atoms with Crippen LogP contribution in [0.2, 0.25) is 0 Å². The van der Waals surface area contributed by atoms with E-state index >= 15 is 0 Å². The summed E-state index contributed by atoms with van der Waals surface area (Å²) < 4.78 is 6.30. The van der Waals surface area contributed by atoms with Crippen LogP contribution in [-0.2, 0) is 16.1 Å². The summed E-state index contributed by atoms with van der Waals surface area (Å²) in [6.45, 7) is 1.53. The maximum atomic E-state index is 12.3. The zero-order chi connectivity index (χ0) is 16.2. The second kappa shape index (κ2) is 6.74. The zero-order valence-corrected chi connectivity index (χ0v) is 12.6. The highest BCUT2D eigenvalue weighted by atomic mass is 16.5. The molecular weight excluding hydrogens is 300 g/mol. The van der Waals surface area contributed by atoms with Gasteiger partial charge in [0.05, 0.1) is 5.39 Å². The van der Waals surface area contributed by atoms with E-state index in [1.54, 1.807) is 12.1 Å². The van der Waals surface area contributed by atoms with Crippen molar-refractivity contribution in [3.63, 3.8) is 0 Å². The molecule has 0 aliphatic carbocycles. The number of rotatable bonds is 4. The molecule has 1 fully saturated rings. The largest absolute Gasteiger partial charge is 0.381 e.